The summed E-state index contributed by atoms with van der Waals surface area (Å²) in [6.45, 7) is 0. The summed E-state index contributed by atoms with van der Waals surface area (Å²) in [5.41, 5.74) is -2.52. The van der Waals surface area contributed by atoms with E-state index in [2.05, 4.69) is 5.43 Å². The van der Waals surface area contributed by atoms with Crippen LogP contribution in [0.2, 0.25) is 0 Å². The van der Waals surface area contributed by atoms with Gasteiger partial charge in [0.25, 0.3) is 11.2 Å². The quantitative estimate of drug-likeness (QED) is 0.676. The molecule has 2 rings (SSSR count). The average Bonchev–Trinajstić information content (AvgIpc) is 2.46. The third kappa shape index (κ3) is 3.07. The molecule has 122 valence electrons. The zero-order valence-corrected chi connectivity index (χ0v) is 11.5. The number of nitrogens with one attached hydrogen (secondary N) is 1. The van der Waals surface area contributed by atoms with Crippen molar-refractivity contribution in [3.63, 3.8) is 0 Å². The molecule has 0 radical (unpaired) electrons. The lowest BCUT2D eigenvalue weighted by molar-refractivity contribution is -0.384. The number of anilines is 1. The lowest BCUT2D eigenvalue weighted by Gasteiger charge is -2.14. The van der Waals surface area contributed by atoms with Crippen LogP contribution in [0.4, 0.5) is 24.5 Å². The Morgan fingerprint density at radius 3 is 2.39 bits per heavy atom. The first-order valence-corrected chi connectivity index (χ1v) is 6.03. The number of nitro benzene ring substituents is 1. The predicted octanol–water partition coefficient (Wildman–Crippen LogP) is 1.35. The van der Waals surface area contributed by atoms with Gasteiger partial charge in [0.15, 0.2) is 0 Å². The number of rotatable bonds is 3. The summed E-state index contributed by atoms with van der Waals surface area (Å²) in [5.74, 6) is 0. The summed E-state index contributed by atoms with van der Waals surface area (Å²) in [6.07, 6.45) is -4.88. The van der Waals surface area contributed by atoms with E-state index in [9.17, 15) is 32.9 Å². The van der Waals surface area contributed by atoms with Gasteiger partial charge in [-0.1, -0.05) is 12.1 Å². The van der Waals surface area contributed by atoms with Gasteiger partial charge in [-0.15, -0.1) is 0 Å². The Hall–Kier alpha value is -3.11. The molecule has 1 aromatic carbocycles. The molecular formula is C12H9F3N4O4. The van der Waals surface area contributed by atoms with Crippen LogP contribution in [-0.4, -0.2) is 14.2 Å². The Morgan fingerprint density at radius 1 is 1.22 bits per heavy atom. The molecule has 0 bridgehead atoms. The molecule has 23 heavy (non-hydrogen) atoms. The van der Waals surface area contributed by atoms with Crippen LogP contribution in [0.3, 0.4) is 0 Å². The first kappa shape index (κ1) is 16.3. The second kappa shape index (κ2) is 5.59. The number of hydrogen-bond donors (Lipinski definition) is 1. The Kier molecular flexibility index (Phi) is 3.95. The van der Waals surface area contributed by atoms with E-state index in [4.69, 9.17) is 0 Å². The normalized spacial score (nSPS) is 11.3. The predicted molar refractivity (Wildman–Crippen MR) is 73.1 cm³/mol. The van der Waals surface area contributed by atoms with Crippen LogP contribution < -0.4 is 16.7 Å². The fourth-order valence-electron chi connectivity index (χ4n) is 1.85. The van der Waals surface area contributed by atoms with Gasteiger partial charge in [0, 0.05) is 19.2 Å². The lowest BCUT2D eigenvalue weighted by Crippen LogP contribution is -2.45. The molecule has 0 spiro atoms. The van der Waals surface area contributed by atoms with Crippen LogP contribution in [0, 0.1) is 10.1 Å². The number of nitrogens with zero attached hydrogens (tertiary/aromatic N) is 3. The molecular weight excluding hydrogens is 321 g/mol. The van der Waals surface area contributed by atoms with Crippen LogP contribution in [0.15, 0.2) is 39.9 Å². The number of nitro groups is 1. The van der Waals surface area contributed by atoms with Crippen LogP contribution in [0.25, 0.3) is 0 Å². The van der Waals surface area contributed by atoms with Gasteiger partial charge < -0.3 is 0 Å². The van der Waals surface area contributed by atoms with E-state index in [0.717, 1.165) is 13.1 Å². The van der Waals surface area contributed by atoms with E-state index in [1.165, 1.54) is 18.2 Å². The van der Waals surface area contributed by atoms with E-state index in [1.807, 2.05) is 0 Å². The van der Waals surface area contributed by atoms with E-state index in [0.29, 0.717) is 0 Å². The zero-order chi connectivity index (χ0) is 17.4. The lowest BCUT2D eigenvalue weighted by atomic mass is 10.3. The highest BCUT2D eigenvalue weighted by molar-refractivity contribution is 5.60. The van der Waals surface area contributed by atoms with Gasteiger partial charge in [-0.05, 0) is 6.07 Å². The Bertz CT molecular complexity index is 885. The van der Waals surface area contributed by atoms with E-state index in [1.54, 1.807) is 0 Å². The standard InChI is InChI=1S/C12H9F3N4O4/c1-17-9(12(13,14)15)6-10(20)18(11(17)21)16-7-4-2-3-5-8(7)19(22)23/h2-6,16H,1H3. The first-order valence-electron chi connectivity index (χ1n) is 6.03. The van der Waals surface area contributed by atoms with Crippen LogP contribution in [0.1, 0.15) is 5.69 Å². The number of aromatic nitrogens is 2. The van der Waals surface area contributed by atoms with Crippen molar-refractivity contribution in [1.82, 2.24) is 9.24 Å². The maximum Gasteiger partial charge on any atom is 0.431 e. The fraction of sp³-hybridized carbons (Fsp3) is 0.167. The van der Waals surface area contributed by atoms with Gasteiger partial charge >= 0.3 is 11.9 Å². The minimum absolute atomic E-state index is 0.212. The summed E-state index contributed by atoms with van der Waals surface area (Å²) in [6, 6.07) is 5.30. The van der Waals surface area contributed by atoms with Crippen molar-refractivity contribution < 1.29 is 18.1 Å². The summed E-state index contributed by atoms with van der Waals surface area (Å²) >= 11 is 0. The van der Waals surface area contributed by atoms with Gasteiger partial charge in [0.1, 0.15) is 11.4 Å². The molecule has 0 saturated heterocycles. The maximum absolute atomic E-state index is 12.7. The maximum atomic E-state index is 12.7. The van der Waals surface area contributed by atoms with Crippen molar-refractivity contribution >= 4 is 11.4 Å². The smallest absolute Gasteiger partial charge is 0.291 e. The fourth-order valence-corrected chi connectivity index (χ4v) is 1.85. The van der Waals surface area contributed by atoms with Gasteiger partial charge in [-0.2, -0.15) is 17.8 Å². The number of halogens is 3. The average molecular weight is 330 g/mol. The SMILES string of the molecule is Cn1c(C(F)(F)F)cc(=O)n(Nc2ccccc2[N+](=O)[O-])c1=O. The van der Waals surface area contributed by atoms with Crippen LogP contribution in [0.5, 0.6) is 0 Å². The van der Waals surface area contributed by atoms with Crippen LogP contribution in [-0.2, 0) is 13.2 Å². The van der Waals surface area contributed by atoms with Crippen molar-refractivity contribution in [3.05, 3.63) is 67.0 Å². The molecule has 0 amide bonds. The molecule has 1 heterocycles. The topological polar surface area (TPSA) is 99.2 Å². The molecule has 1 aromatic heterocycles. The monoisotopic (exact) mass is 330 g/mol. The highest BCUT2D eigenvalue weighted by Crippen LogP contribution is 2.27. The molecule has 0 aliphatic carbocycles. The molecule has 0 atom stereocenters. The summed E-state index contributed by atoms with van der Waals surface area (Å²) in [7, 11) is 0.835. The zero-order valence-electron chi connectivity index (χ0n) is 11.5. The molecule has 11 heteroatoms. The van der Waals surface area contributed by atoms with Crippen molar-refractivity contribution in [2.24, 2.45) is 7.05 Å². The largest absolute Gasteiger partial charge is 0.431 e. The molecule has 0 saturated carbocycles. The van der Waals surface area contributed by atoms with Gasteiger partial charge in [-0.25, -0.2) is 4.79 Å². The molecule has 0 aliphatic rings. The van der Waals surface area contributed by atoms with E-state index < -0.39 is 33.7 Å². The number of alkyl halides is 3. The number of para-hydroxylation sites is 2. The molecule has 0 fully saturated rings. The minimum Gasteiger partial charge on any atom is -0.291 e. The van der Waals surface area contributed by atoms with E-state index in [-0.39, 0.29) is 21.0 Å². The van der Waals surface area contributed by atoms with Crippen molar-refractivity contribution in [2.45, 2.75) is 6.18 Å². The molecule has 0 aliphatic heterocycles. The minimum atomic E-state index is -4.88. The summed E-state index contributed by atoms with van der Waals surface area (Å²) in [5, 5.41) is 10.9. The number of hydrogen-bond acceptors (Lipinski definition) is 5. The Morgan fingerprint density at radius 2 is 1.83 bits per heavy atom. The first-order chi connectivity index (χ1) is 10.6. The van der Waals surface area contributed by atoms with Crippen molar-refractivity contribution in [2.75, 3.05) is 5.43 Å². The van der Waals surface area contributed by atoms with Crippen LogP contribution >= 0.6 is 0 Å². The van der Waals surface area contributed by atoms with Crippen molar-refractivity contribution in [1.29, 1.82) is 0 Å². The third-order valence-electron chi connectivity index (χ3n) is 2.94. The summed E-state index contributed by atoms with van der Waals surface area (Å²) in [4.78, 5) is 33.8. The molecule has 2 aromatic rings. The second-order valence-corrected chi connectivity index (χ2v) is 4.43. The van der Waals surface area contributed by atoms with Gasteiger partial charge in [-0.3, -0.25) is 24.9 Å². The molecule has 0 unspecified atom stereocenters. The highest BCUT2D eigenvalue weighted by Gasteiger charge is 2.35. The Balaban J connectivity index is 2.60. The molecule has 1 N–H and O–H groups in total. The van der Waals surface area contributed by atoms with Gasteiger partial charge in [0.05, 0.1) is 4.92 Å². The second-order valence-electron chi connectivity index (χ2n) is 4.43. The van der Waals surface area contributed by atoms with E-state index >= 15 is 0 Å². The Labute approximate surface area is 125 Å². The summed E-state index contributed by atoms with van der Waals surface area (Å²) < 4.78 is 38.6. The van der Waals surface area contributed by atoms with Gasteiger partial charge in [0.2, 0.25) is 0 Å². The highest BCUT2D eigenvalue weighted by atomic mass is 19.4. The van der Waals surface area contributed by atoms with Crippen molar-refractivity contribution in [3.8, 4) is 0 Å². The number of benzene rings is 1. The molecule has 8 nitrogen and oxygen atoms in total. The third-order valence-corrected chi connectivity index (χ3v) is 2.94.